The van der Waals surface area contributed by atoms with Gasteiger partial charge in [-0.05, 0) is 43.5 Å². The first-order valence-electron chi connectivity index (χ1n) is 5.39. The van der Waals surface area contributed by atoms with Gasteiger partial charge in [-0.15, -0.1) is 11.8 Å². The van der Waals surface area contributed by atoms with Crippen LogP contribution in [-0.2, 0) is 0 Å². The molecule has 0 bridgehead atoms. The van der Waals surface area contributed by atoms with E-state index in [9.17, 15) is 4.79 Å². The first-order valence-corrected chi connectivity index (χ1v) is 6.62. The summed E-state index contributed by atoms with van der Waals surface area (Å²) >= 11 is 1.66. The molecule has 1 aromatic heterocycles. The number of carbonyl (C=O) groups is 1. The van der Waals surface area contributed by atoms with Gasteiger partial charge in [0, 0.05) is 10.5 Å². The van der Waals surface area contributed by atoms with Crippen molar-refractivity contribution in [2.24, 2.45) is 0 Å². The molecule has 0 aliphatic carbocycles. The number of carbonyl (C=O) groups excluding carboxylic acids is 1. The number of hydrogen-bond acceptors (Lipinski definition) is 5. The van der Waals surface area contributed by atoms with E-state index in [1.807, 2.05) is 30.5 Å². The number of hydrogen-bond donors (Lipinski definition) is 0. The molecule has 0 fully saturated rings. The molecule has 0 saturated carbocycles. The maximum absolute atomic E-state index is 11.5. The highest BCUT2D eigenvalue weighted by Crippen LogP contribution is 2.21. The van der Waals surface area contributed by atoms with Crippen LogP contribution in [-0.4, -0.2) is 22.2 Å². The maximum Gasteiger partial charge on any atom is 0.258 e. The Morgan fingerprint density at radius 2 is 2.06 bits per heavy atom. The van der Waals surface area contributed by atoms with Crippen molar-refractivity contribution < 1.29 is 9.32 Å². The number of rotatable bonds is 4. The molecular weight excluding hydrogens is 248 g/mol. The Kier molecular flexibility index (Phi) is 3.94. The predicted octanol–water partition coefficient (Wildman–Crippen LogP) is 3.22. The van der Waals surface area contributed by atoms with Crippen molar-refractivity contribution in [3.63, 3.8) is 0 Å². The first kappa shape index (κ1) is 12.6. The Labute approximate surface area is 109 Å². The highest BCUT2D eigenvalue weighted by Gasteiger charge is 2.13. The summed E-state index contributed by atoms with van der Waals surface area (Å²) in [6, 6.07) is 7.72. The van der Waals surface area contributed by atoms with Crippen LogP contribution >= 0.6 is 11.8 Å². The molecule has 2 aromatic rings. The van der Waals surface area contributed by atoms with Crippen molar-refractivity contribution in [2.45, 2.75) is 11.8 Å². The molecule has 0 atom stereocenters. The van der Waals surface area contributed by atoms with Gasteiger partial charge in [0.05, 0.1) is 0 Å². The zero-order valence-electron chi connectivity index (χ0n) is 10.1. The van der Waals surface area contributed by atoms with Gasteiger partial charge < -0.3 is 4.52 Å². The van der Waals surface area contributed by atoms with Gasteiger partial charge >= 0.3 is 0 Å². The zero-order chi connectivity index (χ0) is 13.0. The Balaban J connectivity index is 2.26. The van der Waals surface area contributed by atoms with Gasteiger partial charge in [-0.2, -0.15) is 4.98 Å². The topological polar surface area (TPSA) is 56.0 Å². The molecule has 0 radical (unpaired) electrons. The molecule has 0 N–H and O–H groups in total. The molecular formula is C13H12N2O2S. The molecule has 18 heavy (non-hydrogen) atoms. The lowest BCUT2D eigenvalue weighted by Crippen LogP contribution is -1.96. The lowest BCUT2D eigenvalue weighted by Gasteiger charge is -1.96. The molecule has 1 heterocycles. The monoisotopic (exact) mass is 260 g/mol. The number of ketones is 1. The average Bonchev–Trinajstić information content (AvgIpc) is 2.89. The maximum atomic E-state index is 11.5. The molecule has 0 aliphatic rings. The fourth-order valence-electron chi connectivity index (χ4n) is 1.40. The molecule has 0 amide bonds. The van der Waals surface area contributed by atoms with E-state index in [2.05, 4.69) is 10.1 Å². The number of nitrogens with zero attached hydrogens (tertiary/aromatic N) is 2. The van der Waals surface area contributed by atoms with Crippen molar-refractivity contribution >= 4 is 17.5 Å². The van der Waals surface area contributed by atoms with Crippen LogP contribution in [0.25, 0.3) is 11.5 Å². The third kappa shape index (κ3) is 2.68. The fourth-order valence-corrected chi connectivity index (χ4v) is 1.81. The van der Waals surface area contributed by atoms with E-state index < -0.39 is 0 Å². The second kappa shape index (κ2) is 5.64. The summed E-state index contributed by atoms with van der Waals surface area (Å²) in [4.78, 5) is 16.7. The molecule has 92 valence electrons. The van der Waals surface area contributed by atoms with Crippen molar-refractivity contribution in [2.75, 3.05) is 6.26 Å². The number of aromatic nitrogens is 2. The summed E-state index contributed by atoms with van der Waals surface area (Å²) < 4.78 is 5.07. The molecule has 0 spiro atoms. The second-order valence-corrected chi connectivity index (χ2v) is 4.40. The number of benzene rings is 1. The summed E-state index contributed by atoms with van der Waals surface area (Å²) in [6.07, 6.45) is 5.06. The molecule has 0 aliphatic heterocycles. The van der Waals surface area contributed by atoms with Gasteiger partial charge in [-0.25, -0.2) is 0 Å². The highest BCUT2D eigenvalue weighted by molar-refractivity contribution is 7.98. The summed E-state index contributed by atoms with van der Waals surface area (Å²) in [7, 11) is 0. The summed E-state index contributed by atoms with van der Waals surface area (Å²) in [5.41, 5.74) is 0.805. The summed E-state index contributed by atoms with van der Waals surface area (Å²) in [6.45, 7) is 1.76. The largest absolute Gasteiger partial charge is 0.333 e. The molecule has 0 saturated heterocycles. The normalized spacial score (nSPS) is 11.0. The molecule has 0 unspecified atom stereocenters. The van der Waals surface area contributed by atoms with Crippen LogP contribution in [0.2, 0.25) is 0 Å². The van der Waals surface area contributed by atoms with Crippen LogP contribution in [0.1, 0.15) is 17.5 Å². The zero-order valence-corrected chi connectivity index (χ0v) is 10.9. The van der Waals surface area contributed by atoms with Gasteiger partial charge in [0.2, 0.25) is 11.6 Å². The molecule has 5 heteroatoms. The van der Waals surface area contributed by atoms with E-state index in [0.29, 0.717) is 5.89 Å². The van der Waals surface area contributed by atoms with Gasteiger partial charge in [-0.3, -0.25) is 4.79 Å². The van der Waals surface area contributed by atoms with Gasteiger partial charge in [0.15, 0.2) is 0 Å². The minimum Gasteiger partial charge on any atom is -0.333 e. The minimum absolute atomic E-state index is 0.0806. The van der Waals surface area contributed by atoms with Crippen molar-refractivity contribution in [1.29, 1.82) is 0 Å². The van der Waals surface area contributed by atoms with Crippen LogP contribution in [0.3, 0.4) is 0 Å². The third-order valence-electron chi connectivity index (χ3n) is 2.30. The Hall–Kier alpha value is -1.88. The van der Waals surface area contributed by atoms with E-state index in [-0.39, 0.29) is 11.6 Å². The molecule has 2 rings (SSSR count). The Morgan fingerprint density at radius 1 is 1.33 bits per heavy atom. The van der Waals surface area contributed by atoms with Gasteiger partial charge in [0.1, 0.15) is 0 Å². The van der Waals surface area contributed by atoms with E-state index in [1.165, 1.54) is 6.08 Å². The lowest BCUT2D eigenvalue weighted by atomic mass is 10.2. The number of allylic oxidation sites excluding steroid dienone is 2. The van der Waals surface area contributed by atoms with E-state index in [0.717, 1.165) is 10.5 Å². The number of thioether (sulfide) groups is 1. The van der Waals surface area contributed by atoms with Crippen LogP contribution in [0.15, 0.2) is 45.8 Å². The Morgan fingerprint density at radius 3 is 2.67 bits per heavy atom. The first-order chi connectivity index (χ1) is 8.74. The molecule has 4 nitrogen and oxygen atoms in total. The van der Waals surface area contributed by atoms with Gasteiger partial charge in [0.25, 0.3) is 5.89 Å². The van der Waals surface area contributed by atoms with Crippen LogP contribution in [0.5, 0.6) is 0 Å². The highest BCUT2D eigenvalue weighted by atomic mass is 32.2. The summed E-state index contributed by atoms with van der Waals surface area (Å²) in [5.74, 6) is 0.181. The van der Waals surface area contributed by atoms with E-state index >= 15 is 0 Å². The summed E-state index contributed by atoms with van der Waals surface area (Å²) in [5, 5.41) is 3.66. The minimum atomic E-state index is -0.256. The molecule has 1 aromatic carbocycles. The average molecular weight is 260 g/mol. The standard InChI is InChI=1S/C13H12N2O2S/c1-3-4-11(16)12-14-13(17-15-12)9-5-7-10(18-2)8-6-9/h3-8H,1-2H3/b4-3-. The van der Waals surface area contributed by atoms with E-state index in [1.54, 1.807) is 24.8 Å². The predicted molar refractivity (Wildman–Crippen MR) is 70.7 cm³/mol. The third-order valence-corrected chi connectivity index (χ3v) is 3.04. The Bertz CT molecular complexity index is 573. The van der Waals surface area contributed by atoms with Crippen molar-refractivity contribution in [3.8, 4) is 11.5 Å². The van der Waals surface area contributed by atoms with Crippen molar-refractivity contribution in [1.82, 2.24) is 10.1 Å². The van der Waals surface area contributed by atoms with E-state index in [4.69, 9.17) is 4.52 Å². The second-order valence-electron chi connectivity index (χ2n) is 3.52. The SMILES string of the molecule is C/C=C\C(=O)c1noc(-c2ccc(SC)cc2)n1. The lowest BCUT2D eigenvalue weighted by molar-refractivity contribution is 0.103. The van der Waals surface area contributed by atoms with Crippen molar-refractivity contribution in [3.05, 3.63) is 42.2 Å². The van der Waals surface area contributed by atoms with Crippen LogP contribution < -0.4 is 0 Å². The van der Waals surface area contributed by atoms with Crippen LogP contribution in [0, 0.1) is 0 Å². The smallest absolute Gasteiger partial charge is 0.258 e. The fraction of sp³-hybridized carbons (Fsp3) is 0.154. The van der Waals surface area contributed by atoms with Crippen LogP contribution in [0.4, 0.5) is 0 Å². The quantitative estimate of drug-likeness (QED) is 0.480. The van der Waals surface area contributed by atoms with Gasteiger partial charge in [-0.1, -0.05) is 11.2 Å².